The van der Waals surface area contributed by atoms with Crippen LogP contribution in [0.3, 0.4) is 0 Å². The number of nitrogens with one attached hydrogen (secondary N) is 3. The van der Waals surface area contributed by atoms with Crippen LogP contribution in [0, 0.1) is 0 Å². The summed E-state index contributed by atoms with van der Waals surface area (Å²) in [7, 11) is 0. The highest BCUT2D eigenvalue weighted by Crippen LogP contribution is 2.27. The number of rotatable bonds is 9. The van der Waals surface area contributed by atoms with E-state index in [1.807, 2.05) is 48.5 Å². The van der Waals surface area contributed by atoms with Crippen molar-refractivity contribution in [3.63, 3.8) is 0 Å². The van der Waals surface area contributed by atoms with Crippen LogP contribution in [0.5, 0.6) is 0 Å². The van der Waals surface area contributed by atoms with Gasteiger partial charge in [0.25, 0.3) is 5.91 Å². The second-order valence-electron chi connectivity index (χ2n) is 8.33. The van der Waals surface area contributed by atoms with Crippen molar-refractivity contribution in [3.8, 4) is 0 Å². The van der Waals surface area contributed by atoms with Gasteiger partial charge in [-0.05, 0) is 48.0 Å². The second-order valence-corrected chi connectivity index (χ2v) is 10.4. The van der Waals surface area contributed by atoms with E-state index in [0.717, 1.165) is 20.4 Å². The SMILES string of the molecule is O=C(C=Cc1cccc(N(CC(=O)Nc2nc3ccccc3s2)CC(=O)Nc2nc3ccccc3s2)c1)NO. The third-order valence-corrected chi connectivity index (χ3v) is 7.43. The van der Waals surface area contributed by atoms with Gasteiger partial charge in [0.2, 0.25) is 11.8 Å². The van der Waals surface area contributed by atoms with Crippen LogP contribution < -0.4 is 21.0 Å². The van der Waals surface area contributed by atoms with Gasteiger partial charge < -0.3 is 15.5 Å². The van der Waals surface area contributed by atoms with Crippen molar-refractivity contribution in [1.29, 1.82) is 0 Å². The lowest BCUT2D eigenvalue weighted by Crippen LogP contribution is -2.39. The fraction of sp³-hybridized carbons (Fsp3) is 0.0741. The molecule has 4 N–H and O–H groups in total. The lowest BCUT2D eigenvalue weighted by atomic mass is 10.1. The topological polar surface area (TPSA) is 137 Å². The lowest BCUT2D eigenvalue weighted by Gasteiger charge is -2.23. The molecule has 0 radical (unpaired) electrons. The lowest BCUT2D eigenvalue weighted by molar-refractivity contribution is -0.124. The molecule has 0 unspecified atom stereocenters. The number of para-hydroxylation sites is 2. The molecule has 0 atom stereocenters. The third kappa shape index (κ3) is 6.62. The number of benzene rings is 3. The minimum atomic E-state index is -0.678. The molecule has 0 saturated carbocycles. The fourth-order valence-corrected chi connectivity index (χ4v) is 5.55. The van der Waals surface area contributed by atoms with E-state index in [1.165, 1.54) is 40.3 Å². The summed E-state index contributed by atoms with van der Waals surface area (Å²) in [6.45, 7) is -0.263. The van der Waals surface area contributed by atoms with Gasteiger partial charge in [-0.15, -0.1) is 0 Å². The molecular formula is C27H22N6O4S2. The van der Waals surface area contributed by atoms with E-state index in [4.69, 9.17) is 5.21 Å². The first-order chi connectivity index (χ1) is 19.0. The fourth-order valence-electron chi connectivity index (χ4n) is 3.79. The molecule has 3 aromatic carbocycles. The van der Waals surface area contributed by atoms with Crippen molar-refractivity contribution in [3.05, 3.63) is 84.4 Å². The standard InChI is InChI=1S/C27H22N6O4S2/c34-23(32-37)13-12-17-6-5-7-18(14-17)33(15-24(35)30-26-28-19-8-1-3-10-21(19)38-26)16-25(36)31-27-29-20-9-2-4-11-22(20)39-27/h1-14,37H,15-16H2,(H,32,34)(H,28,30,35)(H,29,31,36). The molecule has 0 aliphatic carbocycles. The van der Waals surface area contributed by atoms with Crippen molar-refractivity contribution in [2.45, 2.75) is 0 Å². The number of hydroxylamine groups is 1. The van der Waals surface area contributed by atoms with E-state index in [2.05, 4.69) is 20.6 Å². The molecule has 0 aliphatic heterocycles. The Morgan fingerprint density at radius 3 is 1.90 bits per heavy atom. The zero-order chi connectivity index (χ0) is 27.2. The van der Waals surface area contributed by atoms with Gasteiger partial charge in [0, 0.05) is 11.8 Å². The van der Waals surface area contributed by atoms with Gasteiger partial charge in [0.15, 0.2) is 10.3 Å². The largest absolute Gasteiger partial charge is 0.353 e. The Morgan fingerprint density at radius 1 is 0.795 bits per heavy atom. The Hall–Kier alpha value is -4.65. The van der Waals surface area contributed by atoms with Gasteiger partial charge >= 0.3 is 0 Å². The van der Waals surface area contributed by atoms with Crippen LogP contribution in [-0.4, -0.2) is 46.0 Å². The predicted molar refractivity (Wildman–Crippen MR) is 154 cm³/mol. The molecule has 0 fully saturated rings. The van der Waals surface area contributed by atoms with Gasteiger partial charge in [0.05, 0.1) is 33.5 Å². The minimum absolute atomic E-state index is 0.131. The van der Waals surface area contributed by atoms with Crippen LogP contribution in [0.15, 0.2) is 78.9 Å². The molecule has 0 bridgehead atoms. The van der Waals surface area contributed by atoms with Gasteiger partial charge in [-0.1, -0.05) is 59.1 Å². The molecule has 2 aromatic heterocycles. The average molecular weight is 559 g/mol. The first-order valence-electron chi connectivity index (χ1n) is 11.7. The molecule has 3 amide bonds. The summed E-state index contributed by atoms with van der Waals surface area (Å²) in [6, 6.07) is 22.2. The van der Waals surface area contributed by atoms with Crippen LogP contribution in [0.1, 0.15) is 5.56 Å². The Kier molecular flexibility index (Phi) is 7.87. The number of carbonyl (C=O) groups excluding carboxylic acids is 3. The summed E-state index contributed by atoms with van der Waals surface area (Å²) in [5.41, 5.74) is 4.34. The van der Waals surface area contributed by atoms with Crippen LogP contribution in [0.25, 0.3) is 26.5 Å². The van der Waals surface area contributed by atoms with E-state index in [1.54, 1.807) is 29.2 Å². The Morgan fingerprint density at radius 2 is 1.36 bits per heavy atom. The molecule has 5 aromatic rings. The number of amides is 3. The second kappa shape index (κ2) is 11.8. The molecule has 0 saturated heterocycles. The van der Waals surface area contributed by atoms with Crippen molar-refractivity contribution in [2.75, 3.05) is 28.6 Å². The molecule has 10 nitrogen and oxygen atoms in total. The normalized spacial score (nSPS) is 11.1. The van der Waals surface area contributed by atoms with Crippen LogP contribution in [-0.2, 0) is 14.4 Å². The zero-order valence-electron chi connectivity index (χ0n) is 20.3. The van der Waals surface area contributed by atoms with Crippen molar-refractivity contribution < 1.29 is 19.6 Å². The van der Waals surface area contributed by atoms with Gasteiger partial charge in [0.1, 0.15) is 0 Å². The summed E-state index contributed by atoms with van der Waals surface area (Å²) >= 11 is 2.73. The first-order valence-corrected chi connectivity index (χ1v) is 13.4. The minimum Gasteiger partial charge on any atom is -0.353 e. The number of fused-ring (bicyclic) bond motifs is 2. The summed E-state index contributed by atoms with van der Waals surface area (Å²) in [6.07, 6.45) is 2.68. The summed E-state index contributed by atoms with van der Waals surface area (Å²) < 4.78 is 1.90. The molecule has 5 rings (SSSR count). The third-order valence-electron chi connectivity index (χ3n) is 5.52. The van der Waals surface area contributed by atoms with E-state index in [9.17, 15) is 14.4 Å². The molecule has 39 heavy (non-hydrogen) atoms. The van der Waals surface area contributed by atoms with Crippen LogP contribution in [0.4, 0.5) is 16.0 Å². The molecule has 0 spiro atoms. The molecule has 0 aliphatic rings. The van der Waals surface area contributed by atoms with Gasteiger partial charge in [-0.2, -0.15) is 0 Å². The first kappa shape index (κ1) is 26.0. The van der Waals surface area contributed by atoms with Crippen molar-refractivity contribution in [1.82, 2.24) is 15.4 Å². The smallest absolute Gasteiger partial charge is 0.267 e. The van der Waals surface area contributed by atoms with Gasteiger partial charge in [-0.3, -0.25) is 19.6 Å². The number of carbonyl (C=O) groups is 3. The summed E-state index contributed by atoms with van der Waals surface area (Å²) in [5.74, 6) is -1.37. The summed E-state index contributed by atoms with van der Waals surface area (Å²) in [5, 5.41) is 15.3. The maximum atomic E-state index is 13.0. The van der Waals surface area contributed by atoms with E-state index in [-0.39, 0.29) is 24.9 Å². The van der Waals surface area contributed by atoms with Gasteiger partial charge in [-0.25, -0.2) is 15.4 Å². The summed E-state index contributed by atoms with van der Waals surface area (Å²) in [4.78, 5) is 48.0. The number of nitrogens with zero attached hydrogens (tertiary/aromatic N) is 3. The van der Waals surface area contributed by atoms with Crippen LogP contribution in [0.2, 0.25) is 0 Å². The molecule has 196 valence electrons. The zero-order valence-corrected chi connectivity index (χ0v) is 22.0. The average Bonchev–Trinajstić information content (AvgIpc) is 3.54. The highest BCUT2D eigenvalue weighted by molar-refractivity contribution is 7.22. The van der Waals surface area contributed by atoms with E-state index >= 15 is 0 Å². The number of thiazole rings is 2. The Labute approximate surface area is 230 Å². The van der Waals surface area contributed by atoms with E-state index < -0.39 is 5.91 Å². The van der Waals surface area contributed by atoms with Crippen LogP contribution >= 0.6 is 22.7 Å². The van der Waals surface area contributed by atoms with Crippen molar-refractivity contribution >= 4 is 82.9 Å². The van der Waals surface area contributed by atoms with E-state index in [0.29, 0.717) is 21.5 Å². The Balaban J connectivity index is 1.35. The predicted octanol–water partition coefficient (Wildman–Crippen LogP) is 4.51. The quantitative estimate of drug-likeness (QED) is 0.119. The highest BCUT2D eigenvalue weighted by atomic mass is 32.1. The number of aromatic nitrogens is 2. The molecule has 12 heteroatoms. The highest BCUT2D eigenvalue weighted by Gasteiger charge is 2.18. The number of anilines is 3. The molecule has 2 heterocycles. The molecular weight excluding hydrogens is 536 g/mol. The Bertz CT molecular complexity index is 1540. The number of hydrogen-bond donors (Lipinski definition) is 4. The maximum Gasteiger partial charge on any atom is 0.267 e. The van der Waals surface area contributed by atoms with Crippen molar-refractivity contribution in [2.24, 2.45) is 0 Å². The maximum absolute atomic E-state index is 13.0. The monoisotopic (exact) mass is 558 g/mol. The number of hydrogen-bond acceptors (Lipinski definition) is 9.